The zero-order valence-corrected chi connectivity index (χ0v) is 10.6. The molecule has 0 aliphatic carbocycles. The van der Waals surface area contributed by atoms with Crippen molar-refractivity contribution < 1.29 is 36.6 Å². The number of hydrogen-bond donors (Lipinski definition) is 0. The maximum Gasteiger partial charge on any atom is 0.574 e. The number of hydrogen-bond acceptors (Lipinski definition) is 5. The molecule has 0 aliphatic rings. The molecule has 0 aromatic carbocycles. The number of esters is 1. The molecule has 0 unspecified atom stereocenters. The van der Waals surface area contributed by atoms with Crippen LogP contribution in [0.5, 0.6) is 11.6 Å². The number of rotatable bonds is 5. The van der Waals surface area contributed by atoms with Crippen LogP contribution in [0.2, 0.25) is 0 Å². The Bertz CT molecular complexity index is 490. The van der Waals surface area contributed by atoms with E-state index in [-0.39, 0.29) is 17.0 Å². The Labute approximate surface area is 111 Å². The van der Waals surface area contributed by atoms with Crippen LogP contribution in [0.1, 0.15) is 11.3 Å². The Morgan fingerprint density at radius 1 is 1.35 bits per heavy atom. The van der Waals surface area contributed by atoms with Crippen molar-refractivity contribution in [3.63, 3.8) is 0 Å². The van der Waals surface area contributed by atoms with Gasteiger partial charge in [-0.2, -0.15) is 0 Å². The summed E-state index contributed by atoms with van der Waals surface area (Å²) < 4.78 is 62.1. The van der Waals surface area contributed by atoms with Crippen molar-refractivity contribution in [1.29, 1.82) is 0 Å². The minimum absolute atomic E-state index is 0.0817. The van der Waals surface area contributed by atoms with E-state index in [4.69, 9.17) is 0 Å². The molecule has 1 heterocycles. The second-order valence-corrected chi connectivity index (χ2v) is 3.54. The number of ether oxygens (including phenoxy) is 3. The van der Waals surface area contributed by atoms with Crippen molar-refractivity contribution in [3.8, 4) is 11.6 Å². The van der Waals surface area contributed by atoms with Crippen molar-refractivity contribution in [2.45, 2.75) is 19.5 Å². The fourth-order valence-electron chi connectivity index (χ4n) is 1.36. The van der Waals surface area contributed by atoms with Crippen LogP contribution in [0.15, 0.2) is 6.07 Å². The molecule has 0 radical (unpaired) electrons. The van der Waals surface area contributed by atoms with E-state index < -0.39 is 31.3 Å². The fraction of sp³-hybridized carbons (Fsp3) is 0.455. The number of carbonyl (C=O) groups is 1. The van der Waals surface area contributed by atoms with Gasteiger partial charge in [0.25, 0.3) is 5.88 Å². The molecular formula is C11H11F4NO4. The van der Waals surface area contributed by atoms with Gasteiger partial charge in [-0.05, 0) is 6.07 Å². The summed E-state index contributed by atoms with van der Waals surface area (Å²) in [5.41, 5.74) is -0.291. The SMILES string of the molecule is COC(=O)Cc1nc(OC(F)(F)F)c(OC)cc1CF. The van der Waals surface area contributed by atoms with Crippen LogP contribution < -0.4 is 9.47 Å². The monoisotopic (exact) mass is 297 g/mol. The lowest BCUT2D eigenvalue weighted by molar-refractivity contribution is -0.276. The number of pyridine rings is 1. The molecule has 1 rings (SSSR count). The molecule has 0 N–H and O–H groups in total. The van der Waals surface area contributed by atoms with Crippen LogP contribution in [0.3, 0.4) is 0 Å². The molecule has 9 heteroatoms. The maximum atomic E-state index is 12.8. The van der Waals surface area contributed by atoms with Crippen LogP contribution in [-0.2, 0) is 22.6 Å². The molecule has 20 heavy (non-hydrogen) atoms. The van der Waals surface area contributed by atoms with Crippen LogP contribution in [0.25, 0.3) is 0 Å². The quantitative estimate of drug-likeness (QED) is 0.616. The van der Waals surface area contributed by atoms with Crippen LogP contribution in [-0.4, -0.2) is 31.5 Å². The first-order chi connectivity index (χ1) is 9.30. The summed E-state index contributed by atoms with van der Waals surface area (Å²) in [6.45, 7) is -1.03. The van der Waals surface area contributed by atoms with E-state index in [1.807, 2.05) is 0 Å². The van der Waals surface area contributed by atoms with Crippen molar-refractivity contribution in [3.05, 3.63) is 17.3 Å². The van der Waals surface area contributed by atoms with E-state index in [2.05, 4.69) is 19.2 Å². The summed E-state index contributed by atoms with van der Waals surface area (Å²) in [6.07, 6.45) is -5.46. The molecule has 1 aromatic heterocycles. The smallest absolute Gasteiger partial charge is 0.491 e. The number of nitrogens with zero attached hydrogens (tertiary/aromatic N) is 1. The Kier molecular flexibility index (Phi) is 5.12. The third-order valence-electron chi connectivity index (χ3n) is 2.24. The molecular weight excluding hydrogens is 286 g/mol. The van der Waals surface area contributed by atoms with Crippen LogP contribution in [0, 0.1) is 0 Å². The highest BCUT2D eigenvalue weighted by molar-refractivity contribution is 5.72. The van der Waals surface area contributed by atoms with Gasteiger partial charge in [-0.3, -0.25) is 4.79 Å². The summed E-state index contributed by atoms with van der Waals surface area (Å²) >= 11 is 0. The average molecular weight is 297 g/mol. The molecule has 0 saturated heterocycles. The number of methoxy groups -OCH3 is 2. The summed E-state index contributed by atoms with van der Waals surface area (Å²) in [5.74, 6) is -2.05. The average Bonchev–Trinajstić information content (AvgIpc) is 2.37. The van der Waals surface area contributed by atoms with Gasteiger partial charge in [0, 0.05) is 5.56 Å². The Hall–Kier alpha value is -2.06. The van der Waals surface area contributed by atoms with Gasteiger partial charge < -0.3 is 14.2 Å². The van der Waals surface area contributed by atoms with Gasteiger partial charge in [0.15, 0.2) is 5.75 Å². The fourth-order valence-corrected chi connectivity index (χ4v) is 1.36. The third kappa shape index (κ3) is 4.25. The lowest BCUT2D eigenvalue weighted by atomic mass is 10.1. The van der Waals surface area contributed by atoms with Crippen molar-refractivity contribution in [1.82, 2.24) is 4.98 Å². The Morgan fingerprint density at radius 2 is 2.00 bits per heavy atom. The lowest BCUT2D eigenvalue weighted by Crippen LogP contribution is -2.19. The molecule has 0 saturated carbocycles. The molecule has 0 bridgehead atoms. The molecule has 1 aromatic rings. The largest absolute Gasteiger partial charge is 0.574 e. The standard InChI is InChI=1S/C11H11F4NO4/c1-18-8-3-6(5-12)7(4-9(17)19-2)16-10(8)20-11(13,14)15/h3H,4-5H2,1-2H3. The third-order valence-corrected chi connectivity index (χ3v) is 2.24. The Balaban J connectivity index is 3.22. The lowest BCUT2D eigenvalue weighted by Gasteiger charge is -2.14. The first-order valence-corrected chi connectivity index (χ1v) is 5.26. The minimum Gasteiger partial charge on any atom is -0.491 e. The van der Waals surface area contributed by atoms with Gasteiger partial charge in [-0.1, -0.05) is 0 Å². The number of carbonyl (C=O) groups excluding carboxylic acids is 1. The zero-order valence-electron chi connectivity index (χ0n) is 10.6. The van der Waals surface area contributed by atoms with Gasteiger partial charge in [0.2, 0.25) is 0 Å². The Morgan fingerprint density at radius 3 is 2.45 bits per heavy atom. The topological polar surface area (TPSA) is 57.7 Å². The van der Waals surface area contributed by atoms with Crippen molar-refractivity contribution >= 4 is 5.97 Å². The van der Waals surface area contributed by atoms with Gasteiger partial charge in [0.05, 0.1) is 26.3 Å². The predicted molar refractivity (Wildman–Crippen MR) is 58.0 cm³/mol. The van der Waals surface area contributed by atoms with E-state index in [9.17, 15) is 22.4 Å². The minimum atomic E-state index is -4.99. The summed E-state index contributed by atoms with van der Waals surface area (Å²) in [6, 6.07) is 0.992. The summed E-state index contributed by atoms with van der Waals surface area (Å²) in [7, 11) is 2.18. The maximum absolute atomic E-state index is 12.8. The molecule has 0 spiro atoms. The highest BCUT2D eigenvalue weighted by Gasteiger charge is 2.34. The molecule has 0 amide bonds. The number of alkyl halides is 4. The van der Waals surface area contributed by atoms with Crippen LogP contribution in [0.4, 0.5) is 17.6 Å². The summed E-state index contributed by atoms with van der Waals surface area (Å²) in [5, 5.41) is 0. The second-order valence-electron chi connectivity index (χ2n) is 3.54. The van der Waals surface area contributed by atoms with E-state index in [0.717, 1.165) is 20.3 Å². The second kappa shape index (κ2) is 6.40. The highest BCUT2D eigenvalue weighted by Crippen LogP contribution is 2.32. The van der Waals surface area contributed by atoms with Crippen LogP contribution >= 0.6 is 0 Å². The van der Waals surface area contributed by atoms with E-state index in [1.165, 1.54) is 0 Å². The molecule has 5 nitrogen and oxygen atoms in total. The first kappa shape index (κ1) is 16.0. The van der Waals surface area contributed by atoms with Crippen molar-refractivity contribution in [2.75, 3.05) is 14.2 Å². The van der Waals surface area contributed by atoms with Crippen molar-refractivity contribution in [2.24, 2.45) is 0 Å². The first-order valence-electron chi connectivity index (χ1n) is 5.26. The van der Waals surface area contributed by atoms with Gasteiger partial charge in [-0.25, -0.2) is 9.37 Å². The summed E-state index contributed by atoms with van der Waals surface area (Å²) in [4.78, 5) is 14.6. The predicted octanol–water partition coefficient (Wildman–Crippen LogP) is 2.17. The molecule has 0 aliphatic heterocycles. The van der Waals surface area contributed by atoms with E-state index in [0.29, 0.717) is 0 Å². The molecule has 112 valence electrons. The number of aromatic nitrogens is 1. The van der Waals surface area contributed by atoms with Gasteiger partial charge in [-0.15, -0.1) is 13.2 Å². The van der Waals surface area contributed by atoms with Gasteiger partial charge >= 0.3 is 12.3 Å². The molecule has 0 atom stereocenters. The van der Waals surface area contributed by atoms with Gasteiger partial charge in [0.1, 0.15) is 6.67 Å². The normalized spacial score (nSPS) is 11.1. The number of halogens is 4. The zero-order chi connectivity index (χ0) is 15.3. The molecule has 0 fully saturated rings. The van der Waals surface area contributed by atoms with E-state index in [1.54, 1.807) is 0 Å². The van der Waals surface area contributed by atoms with E-state index >= 15 is 0 Å². The highest BCUT2D eigenvalue weighted by atomic mass is 19.4.